The molecule has 0 spiro atoms. The largest absolute Gasteiger partial charge is 1.00 e. The minimum Gasteiger partial charge on any atom is -1.00 e. The predicted molar refractivity (Wildman–Crippen MR) is 71.0 cm³/mol. The van der Waals surface area contributed by atoms with Gasteiger partial charge in [-0.2, -0.15) is 0 Å². The summed E-state index contributed by atoms with van der Waals surface area (Å²) in [4.78, 5) is 4.67. The van der Waals surface area contributed by atoms with Crippen molar-refractivity contribution >= 4 is 21.6 Å². The molecule has 0 atom stereocenters. The van der Waals surface area contributed by atoms with Gasteiger partial charge in [-0.1, -0.05) is 6.07 Å². The molecule has 18 heavy (non-hydrogen) atoms. The van der Waals surface area contributed by atoms with Gasteiger partial charge in [-0.3, -0.25) is 0 Å². The minimum absolute atomic E-state index is 0. The molecule has 0 bridgehead atoms. The molecular weight excluding hydrogens is 355 g/mol. The highest BCUT2D eigenvalue weighted by atomic mass is 127. The van der Waals surface area contributed by atoms with E-state index in [1.807, 2.05) is 23.9 Å². The van der Waals surface area contributed by atoms with Gasteiger partial charge in [0, 0.05) is 6.07 Å². The van der Waals surface area contributed by atoms with Crippen molar-refractivity contribution in [1.29, 1.82) is 0 Å². The molecule has 0 unspecified atom stereocenters. The van der Waals surface area contributed by atoms with Crippen molar-refractivity contribution in [2.45, 2.75) is 6.92 Å². The minimum atomic E-state index is 0. The van der Waals surface area contributed by atoms with Gasteiger partial charge in [0.25, 0.3) is 0 Å². The Kier molecular flexibility index (Phi) is 3.97. The predicted octanol–water partition coefficient (Wildman–Crippen LogP) is 0.100. The van der Waals surface area contributed by atoms with Crippen LogP contribution in [0, 0.1) is 6.92 Å². The summed E-state index contributed by atoms with van der Waals surface area (Å²) in [5.41, 5.74) is 3.54. The van der Waals surface area contributed by atoms with Crippen molar-refractivity contribution in [3.63, 3.8) is 0 Å². The standard InChI is InChI=1S/C14H13N2S.HI/c1-10-5-6-12-13(8-10)17-14(15-12)11-4-3-7-16(2)9-11;/h3-9H,1-2H3;1H/q+1;/p-1. The third-order valence-corrected chi connectivity index (χ3v) is 3.80. The second kappa shape index (κ2) is 5.32. The van der Waals surface area contributed by atoms with E-state index >= 15 is 0 Å². The molecule has 0 saturated heterocycles. The zero-order chi connectivity index (χ0) is 11.8. The van der Waals surface area contributed by atoms with E-state index in [0.717, 1.165) is 10.5 Å². The van der Waals surface area contributed by atoms with E-state index in [0.29, 0.717) is 0 Å². The number of aryl methyl sites for hydroxylation is 2. The molecule has 0 aliphatic heterocycles. The van der Waals surface area contributed by atoms with Crippen molar-refractivity contribution in [3.05, 3.63) is 48.3 Å². The van der Waals surface area contributed by atoms with E-state index in [9.17, 15) is 0 Å². The zero-order valence-electron chi connectivity index (χ0n) is 10.2. The monoisotopic (exact) mass is 368 g/mol. The third-order valence-electron chi connectivity index (χ3n) is 2.73. The highest BCUT2D eigenvalue weighted by Gasteiger charge is 2.08. The Bertz CT molecular complexity index is 691. The van der Waals surface area contributed by atoms with Crippen molar-refractivity contribution in [3.8, 4) is 10.6 Å². The number of hydrogen-bond donors (Lipinski definition) is 0. The van der Waals surface area contributed by atoms with Crippen LogP contribution < -0.4 is 28.5 Å². The first-order valence-electron chi connectivity index (χ1n) is 5.55. The maximum Gasteiger partial charge on any atom is 0.178 e. The summed E-state index contributed by atoms with van der Waals surface area (Å²) in [6.07, 6.45) is 4.13. The molecule has 2 heterocycles. The number of rotatable bonds is 1. The number of halogens is 1. The average Bonchev–Trinajstić information content (AvgIpc) is 2.72. The van der Waals surface area contributed by atoms with Crippen LogP contribution in [0.25, 0.3) is 20.8 Å². The molecule has 0 fully saturated rings. The number of aromatic nitrogens is 2. The van der Waals surface area contributed by atoms with Crippen molar-refractivity contribution in [2.24, 2.45) is 7.05 Å². The molecule has 0 amide bonds. The van der Waals surface area contributed by atoms with Crippen LogP contribution in [-0.2, 0) is 7.05 Å². The first kappa shape index (κ1) is 13.4. The number of benzene rings is 1. The molecule has 0 aliphatic rings. The topological polar surface area (TPSA) is 16.8 Å². The van der Waals surface area contributed by atoms with Gasteiger partial charge in [0.15, 0.2) is 12.4 Å². The quantitative estimate of drug-likeness (QED) is 0.440. The molecular formula is C14H13IN2S. The molecule has 92 valence electrons. The Morgan fingerprint density at radius 3 is 2.83 bits per heavy atom. The van der Waals surface area contributed by atoms with Crippen LogP contribution in [0.3, 0.4) is 0 Å². The molecule has 2 nitrogen and oxygen atoms in total. The summed E-state index contributed by atoms with van der Waals surface area (Å²) >= 11 is 1.75. The maximum absolute atomic E-state index is 4.67. The van der Waals surface area contributed by atoms with Gasteiger partial charge < -0.3 is 24.0 Å². The van der Waals surface area contributed by atoms with Crippen molar-refractivity contribution in [2.75, 3.05) is 0 Å². The number of nitrogens with zero attached hydrogens (tertiary/aromatic N) is 2. The fourth-order valence-corrected chi connectivity index (χ4v) is 2.92. The van der Waals surface area contributed by atoms with E-state index < -0.39 is 0 Å². The number of hydrogen-bond acceptors (Lipinski definition) is 2. The van der Waals surface area contributed by atoms with Gasteiger partial charge in [-0.15, -0.1) is 11.3 Å². The lowest BCUT2D eigenvalue weighted by Crippen LogP contribution is -3.00. The van der Waals surface area contributed by atoms with Crippen LogP contribution in [-0.4, -0.2) is 4.98 Å². The Morgan fingerprint density at radius 1 is 1.22 bits per heavy atom. The molecule has 3 aromatic rings. The molecule has 2 aromatic heterocycles. The first-order valence-corrected chi connectivity index (χ1v) is 6.37. The average molecular weight is 368 g/mol. The smallest absolute Gasteiger partial charge is 0.178 e. The van der Waals surface area contributed by atoms with Gasteiger partial charge in [-0.25, -0.2) is 9.55 Å². The Morgan fingerprint density at radius 2 is 2.06 bits per heavy atom. The number of fused-ring (bicyclic) bond motifs is 1. The summed E-state index contributed by atoms with van der Waals surface area (Å²) in [5, 5.41) is 1.09. The van der Waals surface area contributed by atoms with E-state index in [1.54, 1.807) is 11.3 Å². The summed E-state index contributed by atoms with van der Waals surface area (Å²) in [5.74, 6) is 0. The van der Waals surface area contributed by atoms with Gasteiger partial charge in [0.2, 0.25) is 0 Å². The second-order valence-corrected chi connectivity index (χ2v) is 5.28. The molecule has 0 radical (unpaired) electrons. The molecule has 0 N–H and O–H groups in total. The van der Waals surface area contributed by atoms with Gasteiger partial charge >= 0.3 is 0 Å². The third kappa shape index (κ3) is 2.54. The van der Waals surface area contributed by atoms with Gasteiger partial charge in [0.1, 0.15) is 12.1 Å². The SMILES string of the molecule is Cc1ccc2nc(-c3ccc[n+](C)c3)sc2c1.[I-]. The van der Waals surface area contributed by atoms with Crippen LogP contribution in [0.4, 0.5) is 0 Å². The van der Waals surface area contributed by atoms with Crippen molar-refractivity contribution in [1.82, 2.24) is 4.98 Å². The first-order chi connectivity index (χ1) is 8.22. The summed E-state index contributed by atoms with van der Waals surface area (Å²) in [6, 6.07) is 10.5. The van der Waals surface area contributed by atoms with Crippen LogP contribution in [0.1, 0.15) is 5.56 Å². The lowest BCUT2D eigenvalue weighted by atomic mass is 10.2. The second-order valence-electron chi connectivity index (χ2n) is 4.25. The molecule has 4 heteroatoms. The molecule has 0 aliphatic carbocycles. The number of thiazole rings is 1. The van der Waals surface area contributed by atoms with Gasteiger partial charge in [-0.05, 0) is 30.7 Å². The lowest BCUT2D eigenvalue weighted by Gasteiger charge is -1.92. The molecule has 1 aromatic carbocycles. The van der Waals surface area contributed by atoms with E-state index in [-0.39, 0.29) is 24.0 Å². The van der Waals surface area contributed by atoms with Crippen LogP contribution >= 0.6 is 11.3 Å². The Labute approximate surface area is 127 Å². The van der Waals surface area contributed by atoms with E-state index in [4.69, 9.17) is 0 Å². The summed E-state index contributed by atoms with van der Waals surface area (Å²) < 4.78 is 3.30. The Balaban J connectivity index is 0.00000120. The lowest BCUT2D eigenvalue weighted by molar-refractivity contribution is -0.671. The summed E-state index contributed by atoms with van der Waals surface area (Å²) in [7, 11) is 2.03. The number of pyridine rings is 1. The van der Waals surface area contributed by atoms with E-state index in [1.165, 1.54) is 15.8 Å². The maximum atomic E-state index is 4.67. The van der Waals surface area contributed by atoms with Crippen LogP contribution in [0.15, 0.2) is 42.7 Å². The van der Waals surface area contributed by atoms with Crippen molar-refractivity contribution < 1.29 is 28.5 Å². The Hall–Kier alpha value is -1.01. The van der Waals surface area contributed by atoms with Gasteiger partial charge in [0.05, 0.1) is 15.8 Å². The molecule has 0 saturated carbocycles. The van der Waals surface area contributed by atoms with Crippen LogP contribution in [0.2, 0.25) is 0 Å². The van der Waals surface area contributed by atoms with Crippen LogP contribution in [0.5, 0.6) is 0 Å². The summed E-state index contributed by atoms with van der Waals surface area (Å²) in [6.45, 7) is 2.11. The molecule has 3 rings (SSSR count). The highest BCUT2D eigenvalue weighted by molar-refractivity contribution is 7.21. The highest BCUT2D eigenvalue weighted by Crippen LogP contribution is 2.29. The zero-order valence-corrected chi connectivity index (χ0v) is 13.2. The fourth-order valence-electron chi connectivity index (χ4n) is 1.87. The van der Waals surface area contributed by atoms with E-state index in [2.05, 4.69) is 42.4 Å². The fraction of sp³-hybridized carbons (Fsp3) is 0.143. The normalized spacial score (nSPS) is 10.3.